The lowest BCUT2D eigenvalue weighted by Crippen LogP contribution is -2.54. The molecule has 11 heteroatoms. The van der Waals surface area contributed by atoms with Gasteiger partial charge in [0.15, 0.2) is 5.65 Å². The van der Waals surface area contributed by atoms with Crippen LogP contribution < -0.4 is 10.6 Å². The Morgan fingerprint density at radius 3 is 2.68 bits per heavy atom. The summed E-state index contributed by atoms with van der Waals surface area (Å²) in [7, 11) is -1.20. The predicted octanol–water partition coefficient (Wildman–Crippen LogP) is 4.85. The first-order valence-corrected chi connectivity index (χ1v) is 17.2. The summed E-state index contributed by atoms with van der Waals surface area (Å²) in [5.41, 5.74) is 1.61. The van der Waals surface area contributed by atoms with Gasteiger partial charge < -0.3 is 29.9 Å². The van der Waals surface area contributed by atoms with E-state index >= 15 is 0 Å². The topological polar surface area (TPSA) is 122 Å². The standard InChI is InChI=1S/C26H44N6O4Si/c1-7-9-10-21-18(3)20(11-12-32(21)26(34)35)29-22-15-28-24-23(30-22)19(25(33)27-8-2)16-31(24)17-36-13-14-37(4,5)6/h15-16,18,20-21H,7-14,17H2,1-6H3,(H,27,33)(H,29,30)(H,34,35). The van der Waals surface area contributed by atoms with Crippen molar-refractivity contribution in [1.82, 2.24) is 24.8 Å². The molecule has 1 saturated heterocycles. The number of carbonyl (C=O) groups excluding carboxylic acids is 1. The van der Waals surface area contributed by atoms with Crippen molar-refractivity contribution >= 4 is 37.1 Å². The molecule has 0 saturated carbocycles. The number of carboxylic acid groups (broad SMARTS) is 1. The molecule has 0 spiro atoms. The lowest BCUT2D eigenvalue weighted by atomic mass is 9.83. The number of nitrogens with zero attached hydrogens (tertiary/aromatic N) is 4. The molecule has 0 aromatic carbocycles. The highest BCUT2D eigenvalue weighted by Crippen LogP contribution is 2.30. The highest BCUT2D eigenvalue weighted by Gasteiger charge is 2.37. The van der Waals surface area contributed by atoms with Gasteiger partial charge in [-0.25, -0.2) is 14.8 Å². The largest absolute Gasteiger partial charge is 0.465 e. The van der Waals surface area contributed by atoms with Crippen LogP contribution in [0, 0.1) is 5.92 Å². The van der Waals surface area contributed by atoms with Crippen molar-refractivity contribution in [2.45, 2.75) is 91.0 Å². The number of hydrogen-bond donors (Lipinski definition) is 3. The predicted molar refractivity (Wildman–Crippen MR) is 149 cm³/mol. The molecule has 1 aliphatic heterocycles. The highest BCUT2D eigenvalue weighted by atomic mass is 28.3. The molecule has 2 amide bonds. The van der Waals surface area contributed by atoms with Crippen molar-refractivity contribution in [1.29, 1.82) is 0 Å². The second-order valence-electron chi connectivity index (χ2n) is 11.2. The van der Waals surface area contributed by atoms with E-state index in [0.29, 0.717) is 55.4 Å². The van der Waals surface area contributed by atoms with Gasteiger partial charge >= 0.3 is 6.09 Å². The van der Waals surface area contributed by atoms with Gasteiger partial charge in [0.2, 0.25) is 0 Å². The molecule has 2 aromatic heterocycles. The highest BCUT2D eigenvalue weighted by molar-refractivity contribution is 6.76. The lowest BCUT2D eigenvalue weighted by molar-refractivity contribution is 0.0727. The number of anilines is 1. The molecule has 1 fully saturated rings. The number of likely N-dealkylation sites (tertiary alicyclic amines) is 1. The van der Waals surface area contributed by atoms with Crippen LogP contribution in [-0.4, -0.2) is 76.4 Å². The number of aromatic nitrogens is 3. The number of hydrogen-bond acceptors (Lipinski definition) is 6. The number of nitrogens with one attached hydrogen (secondary N) is 2. The van der Waals surface area contributed by atoms with Gasteiger partial charge in [-0.1, -0.05) is 46.3 Å². The number of fused-ring (bicyclic) bond motifs is 1. The maximum atomic E-state index is 12.8. The summed E-state index contributed by atoms with van der Waals surface area (Å²) < 4.78 is 7.77. The van der Waals surface area contributed by atoms with Gasteiger partial charge in [-0.15, -0.1) is 0 Å². The molecule has 0 aliphatic carbocycles. The van der Waals surface area contributed by atoms with Gasteiger partial charge in [-0.3, -0.25) is 4.79 Å². The lowest BCUT2D eigenvalue weighted by Gasteiger charge is -2.43. The third-order valence-electron chi connectivity index (χ3n) is 7.13. The van der Waals surface area contributed by atoms with Crippen LogP contribution in [-0.2, 0) is 11.5 Å². The van der Waals surface area contributed by atoms with E-state index < -0.39 is 14.2 Å². The van der Waals surface area contributed by atoms with Gasteiger partial charge in [-0.05, 0) is 31.7 Å². The number of unbranched alkanes of at least 4 members (excludes halogenated alkanes) is 1. The van der Waals surface area contributed by atoms with E-state index in [-0.39, 0.29) is 23.9 Å². The second-order valence-corrected chi connectivity index (χ2v) is 16.9. The summed E-state index contributed by atoms with van der Waals surface area (Å²) in [4.78, 5) is 35.7. The summed E-state index contributed by atoms with van der Waals surface area (Å²) in [6, 6.07) is 1.08. The normalized spacial score (nSPS) is 20.3. The van der Waals surface area contributed by atoms with Crippen LogP contribution >= 0.6 is 0 Å². The molecule has 1 aliphatic rings. The van der Waals surface area contributed by atoms with Crippen LogP contribution in [0.1, 0.15) is 56.8 Å². The Balaban J connectivity index is 1.82. The van der Waals surface area contributed by atoms with E-state index in [9.17, 15) is 14.7 Å². The first-order valence-electron chi connectivity index (χ1n) is 13.5. The van der Waals surface area contributed by atoms with Crippen LogP contribution in [0.5, 0.6) is 0 Å². The van der Waals surface area contributed by atoms with Gasteiger partial charge in [0.1, 0.15) is 18.1 Å². The van der Waals surface area contributed by atoms with E-state index in [0.717, 1.165) is 25.3 Å². The van der Waals surface area contributed by atoms with Gasteiger partial charge in [0.05, 0.1) is 11.8 Å². The van der Waals surface area contributed by atoms with Crippen molar-refractivity contribution in [3.63, 3.8) is 0 Å². The van der Waals surface area contributed by atoms with Crippen LogP contribution in [0.4, 0.5) is 10.6 Å². The Morgan fingerprint density at radius 2 is 2.03 bits per heavy atom. The Labute approximate surface area is 221 Å². The molecule has 2 aromatic rings. The minimum atomic E-state index is -1.20. The third kappa shape index (κ3) is 7.44. The van der Waals surface area contributed by atoms with Crippen LogP contribution in [0.15, 0.2) is 12.4 Å². The van der Waals surface area contributed by atoms with Gasteiger partial charge in [0.25, 0.3) is 5.91 Å². The van der Waals surface area contributed by atoms with Crippen molar-refractivity contribution in [3.05, 3.63) is 18.0 Å². The van der Waals surface area contributed by atoms with Crippen molar-refractivity contribution in [3.8, 4) is 0 Å². The molecule has 3 rings (SSSR count). The monoisotopic (exact) mass is 532 g/mol. The zero-order chi connectivity index (χ0) is 27.2. The van der Waals surface area contributed by atoms with E-state index in [1.165, 1.54) is 0 Å². The van der Waals surface area contributed by atoms with Crippen LogP contribution in [0.2, 0.25) is 25.7 Å². The van der Waals surface area contributed by atoms with Gasteiger partial charge in [0, 0.05) is 46.1 Å². The average molecular weight is 533 g/mol. The van der Waals surface area contributed by atoms with E-state index in [2.05, 4.69) is 49.1 Å². The first kappa shape index (κ1) is 28.9. The SMILES string of the molecule is CCCCC1C(C)C(Nc2cnc3c(n2)c(C(=O)NCC)cn3COCC[Si](C)(C)C)CCN1C(=O)O. The smallest absolute Gasteiger partial charge is 0.407 e. The maximum Gasteiger partial charge on any atom is 0.407 e. The Morgan fingerprint density at radius 1 is 1.27 bits per heavy atom. The van der Waals surface area contributed by atoms with E-state index in [1.54, 1.807) is 17.3 Å². The number of amides is 2. The fraction of sp³-hybridized carbons (Fsp3) is 0.692. The number of piperidine rings is 1. The van der Waals surface area contributed by atoms with Crippen molar-refractivity contribution in [2.75, 3.05) is 25.0 Å². The van der Waals surface area contributed by atoms with Crippen LogP contribution in [0.3, 0.4) is 0 Å². The third-order valence-corrected chi connectivity index (χ3v) is 8.83. The minimum absolute atomic E-state index is 0.0410. The molecule has 206 valence electrons. The average Bonchev–Trinajstić information content (AvgIpc) is 3.19. The summed E-state index contributed by atoms with van der Waals surface area (Å²) >= 11 is 0. The molecular weight excluding hydrogens is 488 g/mol. The molecule has 3 unspecified atom stereocenters. The Hall–Kier alpha value is -2.66. The molecule has 10 nitrogen and oxygen atoms in total. The Bertz CT molecular complexity index is 1070. The summed E-state index contributed by atoms with van der Waals surface area (Å²) in [6.07, 6.45) is 6.15. The molecule has 3 atom stereocenters. The summed E-state index contributed by atoms with van der Waals surface area (Å²) in [5, 5.41) is 16.1. The molecule has 0 radical (unpaired) electrons. The molecule has 3 heterocycles. The van der Waals surface area contributed by atoms with Gasteiger partial charge in [-0.2, -0.15) is 0 Å². The number of ether oxygens (including phenoxy) is 1. The maximum absolute atomic E-state index is 12.8. The molecular formula is C26H44N6O4Si. The summed E-state index contributed by atoms with van der Waals surface area (Å²) in [5.74, 6) is 0.508. The van der Waals surface area contributed by atoms with E-state index in [4.69, 9.17) is 9.72 Å². The van der Waals surface area contributed by atoms with E-state index in [1.807, 2.05) is 11.5 Å². The fourth-order valence-electron chi connectivity index (χ4n) is 4.90. The molecule has 37 heavy (non-hydrogen) atoms. The Kier molecular flexibility index (Phi) is 9.94. The number of rotatable bonds is 12. The second kappa shape index (κ2) is 12.7. The van der Waals surface area contributed by atoms with Crippen LogP contribution in [0.25, 0.3) is 11.2 Å². The zero-order valence-corrected chi connectivity index (χ0v) is 24.2. The minimum Gasteiger partial charge on any atom is -0.465 e. The van der Waals surface area contributed by atoms with Crippen molar-refractivity contribution < 1.29 is 19.4 Å². The summed E-state index contributed by atoms with van der Waals surface area (Å²) in [6.45, 7) is 15.0. The molecule has 0 bridgehead atoms. The van der Waals surface area contributed by atoms with Crippen molar-refractivity contribution in [2.24, 2.45) is 5.92 Å². The number of carbonyl (C=O) groups is 2. The first-order chi connectivity index (χ1) is 17.6. The zero-order valence-electron chi connectivity index (χ0n) is 23.2. The molecule has 3 N–H and O–H groups in total. The quantitative estimate of drug-likeness (QED) is 0.264. The fourth-order valence-corrected chi connectivity index (χ4v) is 5.66.